The summed E-state index contributed by atoms with van der Waals surface area (Å²) in [6.45, 7) is 1.54. The number of hydrogen-bond acceptors (Lipinski definition) is 3. The maximum absolute atomic E-state index is 12.7. The SMILES string of the molecule is Fc1ccc(NNC(=S)NC[C@H]2CCCO2)cc1. The Bertz CT molecular complexity index is 393. The van der Waals surface area contributed by atoms with Gasteiger partial charge in [-0.1, -0.05) is 0 Å². The summed E-state index contributed by atoms with van der Waals surface area (Å²) < 4.78 is 18.1. The first-order valence-electron chi connectivity index (χ1n) is 5.91. The molecule has 0 bridgehead atoms. The number of thiocarbonyl (C=S) groups is 1. The third-order valence-electron chi connectivity index (χ3n) is 2.68. The van der Waals surface area contributed by atoms with Crippen molar-refractivity contribution in [3.05, 3.63) is 30.1 Å². The molecule has 1 atom stereocenters. The Morgan fingerprint density at radius 2 is 2.17 bits per heavy atom. The van der Waals surface area contributed by atoms with E-state index in [0.29, 0.717) is 11.7 Å². The predicted molar refractivity (Wildman–Crippen MR) is 72.7 cm³/mol. The summed E-state index contributed by atoms with van der Waals surface area (Å²) in [7, 11) is 0. The van der Waals surface area contributed by atoms with Crippen LogP contribution in [0.25, 0.3) is 0 Å². The Labute approximate surface area is 111 Å². The molecule has 0 aliphatic carbocycles. The highest BCUT2D eigenvalue weighted by molar-refractivity contribution is 7.80. The van der Waals surface area contributed by atoms with E-state index >= 15 is 0 Å². The van der Waals surface area contributed by atoms with Crippen molar-refractivity contribution < 1.29 is 9.13 Å². The van der Waals surface area contributed by atoms with Crippen LogP contribution in [0.3, 0.4) is 0 Å². The fourth-order valence-corrected chi connectivity index (χ4v) is 1.85. The van der Waals surface area contributed by atoms with Gasteiger partial charge in [0.05, 0.1) is 11.8 Å². The van der Waals surface area contributed by atoms with Crippen molar-refractivity contribution >= 4 is 23.0 Å². The second-order valence-electron chi connectivity index (χ2n) is 4.10. The van der Waals surface area contributed by atoms with Gasteiger partial charge in [-0.3, -0.25) is 10.9 Å². The van der Waals surface area contributed by atoms with Crippen molar-refractivity contribution in [1.82, 2.24) is 10.7 Å². The summed E-state index contributed by atoms with van der Waals surface area (Å²) in [6.07, 6.45) is 2.43. The van der Waals surface area contributed by atoms with Gasteiger partial charge < -0.3 is 10.1 Å². The van der Waals surface area contributed by atoms with Gasteiger partial charge >= 0.3 is 0 Å². The van der Waals surface area contributed by atoms with Crippen LogP contribution < -0.4 is 16.2 Å². The molecule has 0 spiro atoms. The largest absolute Gasteiger partial charge is 0.376 e. The Kier molecular flexibility index (Phi) is 4.72. The highest BCUT2D eigenvalue weighted by atomic mass is 32.1. The Morgan fingerprint density at radius 1 is 1.39 bits per heavy atom. The van der Waals surface area contributed by atoms with Crippen LogP contribution in [-0.4, -0.2) is 24.4 Å². The van der Waals surface area contributed by atoms with E-state index in [2.05, 4.69) is 16.2 Å². The molecule has 1 fully saturated rings. The van der Waals surface area contributed by atoms with Crippen LogP contribution in [0.2, 0.25) is 0 Å². The minimum absolute atomic E-state index is 0.246. The van der Waals surface area contributed by atoms with E-state index in [1.165, 1.54) is 12.1 Å². The van der Waals surface area contributed by atoms with Crippen LogP contribution in [0.5, 0.6) is 0 Å². The highest BCUT2D eigenvalue weighted by Crippen LogP contribution is 2.10. The highest BCUT2D eigenvalue weighted by Gasteiger charge is 2.14. The zero-order valence-corrected chi connectivity index (χ0v) is 10.7. The summed E-state index contributed by atoms with van der Waals surface area (Å²) in [4.78, 5) is 0. The van der Waals surface area contributed by atoms with Crippen LogP contribution in [-0.2, 0) is 4.74 Å². The van der Waals surface area contributed by atoms with Crippen molar-refractivity contribution in [2.24, 2.45) is 0 Å². The molecule has 0 unspecified atom stereocenters. The molecule has 1 aliphatic heterocycles. The van der Waals surface area contributed by atoms with Crippen molar-refractivity contribution in [3.8, 4) is 0 Å². The van der Waals surface area contributed by atoms with Crippen molar-refractivity contribution in [2.75, 3.05) is 18.6 Å². The van der Waals surface area contributed by atoms with Gasteiger partial charge in [0.25, 0.3) is 0 Å². The van der Waals surface area contributed by atoms with Gasteiger partial charge in [0, 0.05) is 13.2 Å². The summed E-state index contributed by atoms with van der Waals surface area (Å²) >= 11 is 5.10. The number of nitrogens with one attached hydrogen (secondary N) is 3. The molecule has 1 aliphatic rings. The molecule has 0 radical (unpaired) electrons. The molecule has 1 heterocycles. The summed E-state index contributed by atoms with van der Waals surface area (Å²) in [6, 6.07) is 6.02. The smallest absolute Gasteiger partial charge is 0.185 e. The fourth-order valence-electron chi connectivity index (χ4n) is 1.72. The second kappa shape index (κ2) is 6.51. The molecule has 0 saturated carbocycles. The minimum Gasteiger partial charge on any atom is -0.376 e. The first-order valence-corrected chi connectivity index (χ1v) is 6.32. The van der Waals surface area contributed by atoms with Crippen LogP contribution in [0.1, 0.15) is 12.8 Å². The lowest BCUT2D eigenvalue weighted by molar-refractivity contribution is 0.114. The van der Waals surface area contributed by atoms with Gasteiger partial charge in [-0.05, 0) is 49.3 Å². The van der Waals surface area contributed by atoms with Crippen LogP contribution in [0.15, 0.2) is 24.3 Å². The zero-order chi connectivity index (χ0) is 12.8. The number of hydrazine groups is 1. The van der Waals surface area contributed by atoms with Gasteiger partial charge in [0.1, 0.15) is 5.82 Å². The lowest BCUT2D eigenvalue weighted by Gasteiger charge is -2.15. The van der Waals surface area contributed by atoms with Crippen LogP contribution in [0, 0.1) is 5.82 Å². The maximum atomic E-state index is 12.7. The molecule has 1 aromatic carbocycles. The summed E-state index contributed by atoms with van der Waals surface area (Å²) in [5.74, 6) is -0.264. The molecule has 0 amide bonds. The molecule has 18 heavy (non-hydrogen) atoms. The Morgan fingerprint density at radius 3 is 2.83 bits per heavy atom. The van der Waals surface area contributed by atoms with Crippen molar-refractivity contribution in [2.45, 2.75) is 18.9 Å². The number of ether oxygens (including phenoxy) is 1. The average molecular weight is 269 g/mol. The molecule has 1 saturated heterocycles. The number of anilines is 1. The van der Waals surface area contributed by atoms with Gasteiger partial charge in [0.15, 0.2) is 5.11 Å². The van der Waals surface area contributed by atoms with E-state index in [1.807, 2.05) is 0 Å². The molecule has 6 heteroatoms. The average Bonchev–Trinajstić information content (AvgIpc) is 2.89. The first kappa shape index (κ1) is 13.0. The molecule has 4 nitrogen and oxygen atoms in total. The van der Waals surface area contributed by atoms with Crippen LogP contribution >= 0.6 is 12.2 Å². The minimum atomic E-state index is -0.264. The third kappa shape index (κ3) is 4.12. The fraction of sp³-hybridized carbons (Fsp3) is 0.417. The van der Waals surface area contributed by atoms with E-state index in [4.69, 9.17) is 17.0 Å². The Balaban J connectivity index is 1.66. The number of halogens is 1. The van der Waals surface area contributed by atoms with Gasteiger partial charge in [-0.15, -0.1) is 0 Å². The molecular formula is C12H16FN3OS. The normalized spacial score (nSPS) is 18.4. The molecule has 98 valence electrons. The van der Waals surface area contributed by atoms with Crippen molar-refractivity contribution in [1.29, 1.82) is 0 Å². The topological polar surface area (TPSA) is 45.3 Å². The van der Waals surface area contributed by atoms with Gasteiger partial charge in [0.2, 0.25) is 0 Å². The standard InChI is InChI=1S/C12H16FN3OS/c13-9-3-5-10(6-4-9)15-16-12(18)14-8-11-2-1-7-17-11/h3-6,11,15H,1-2,7-8H2,(H2,14,16,18)/t11-/m1/s1. The number of hydrogen-bond donors (Lipinski definition) is 3. The van der Waals surface area contributed by atoms with E-state index < -0.39 is 0 Å². The lowest BCUT2D eigenvalue weighted by atomic mass is 10.2. The first-order chi connectivity index (χ1) is 8.74. The zero-order valence-electron chi connectivity index (χ0n) is 9.91. The quantitative estimate of drug-likeness (QED) is 0.574. The van der Waals surface area contributed by atoms with E-state index in [9.17, 15) is 4.39 Å². The summed E-state index contributed by atoms with van der Waals surface area (Å²) in [5, 5.41) is 3.56. The van der Waals surface area contributed by atoms with E-state index in [0.717, 1.165) is 25.1 Å². The van der Waals surface area contributed by atoms with Crippen LogP contribution in [0.4, 0.5) is 10.1 Å². The monoisotopic (exact) mass is 269 g/mol. The Hall–Kier alpha value is -1.40. The molecule has 0 aromatic heterocycles. The summed E-state index contributed by atoms with van der Waals surface area (Å²) in [5.41, 5.74) is 6.47. The predicted octanol–water partition coefficient (Wildman–Crippen LogP) is 1.80. The molecule has 2 rings (SSSR count). The molecule has 3 N–H and O–H groups in total. The third-order valence-corrected chi connectivity index (χ3v) is 2.93. The van der Waals surface area contributed by atoms with E-state index in [-0.39, 0.29) is 11.9 Å². The van der Waals surface area contributed by atoms with E-state index in [1.54, 1.807) is 12.1 Å². The van der Waals surface area contributed by atoms with Gasteiger partial charge in [-0.25, -0.2) is 4.39 Å². The van der Waals surface area contributed by atoms with Gasteiger partial charge in [-0.2, -0.15) is 0 Å². The van der Waals surface area contributed by atoms with Crippen molar-refractivity contribution in [3.63, 3.8) is 0 Å². The molecular weight excluding hydrogens is 253 g/mol. The number of benzene rings is 1. The number of rotatable bonds is 4. The lowest BCUT2D eigenvalue weighted by Crippen LogP contribution is -2.41. The second-order valence-corrected chi connectivity index (χ2v) is 4.51. The molecule has 1 aromatic rings. The maximum Gasteiger partial charge on any atom is 0.185 e.